The Morgan fingerprint density at radius 3 is 2.43 bits per heavy atom. The second-order valence-electron chi connectivity index (χ2n) is 5.49. The van der Waals surface area contributed by atoms with E-state index in [4.69, 9.17) is 16.3 Å². The first kappa shape index (κ1) is 15.9. The van der Waals surface area contributed by atoms with Crippen LogP contribution in [0.5, 0.6) is 5.75 Å². The van der Waals surface area contributed by atoms with Crippen LogP contribution < -0.4 is 10.1 Å². The monoisotopic (exact) mass is 303 g/mol. The summed E-state index contributed by atoms with van der Waals surface area (Å²) in [5.74, 6) is 0.907. The molecular weight excluding hydrogens is 282 g/mol. The zero-order valence-corrected chi connectivity index (χ0v) is 13.7. The van der Waals surface area contributed by atoms with Crippen molar-refractivity contribution in [1.82, 2.24) is 5.32 Å². The van der Waals surface area contributed by atoms with Crippen molar-refractivity contribution in [1.29, 1.82) is 0 Å². The summed E-state index contributed by atoms with van der Waals surface area (Å²) in [5, 5.41) is 4.12. The average molecular weight is 304 g/mol. The van der Waals surface area contributed by atoms with Crippen LogP contribution in [0, 0.1) is 6.92 Å². The van der Waals surface area contributed by atoms with E-state index in [0.717, 1.165) is 27.5 Å². The predicted octanol–water partition coefficient (Wildman–Crippen LogP) is 4.74. The minimum atomic E-state index is 0.0531. The molecule has 21 heavy (non-hydrogen) atoms. The van der Waals surface area contributed by atoms with E-state index in [9.17, 15) is 0 Å². The maximum absolute atomic E-state index is 6.20. The summed E-state index contributed by atoms with van der Waals surface area (Å²) < 4.78 is 5.94. The molecule has 2 aromatic rings. The molecule has 112 valence electrons. The molecule has 0 aliphatic carbocycles. The van der Waals surface area contributed by atoms with E-state index >= 15 is 0 Å². The molecule has 0 radical (unpaired) electrons. The normalized spacial score (nSPS) is 12.5. The summed E-state index contributed by atoms with van der Waals surface area (Å²) in [6, 6.07) is 14.3. The van der Waals surface area contributed by atoms with Crippen molar-refractivity contribution < 1.29 is 4.74 Å². The lowest BCUT2D eigenvalue weighted by Gasteiger charge is -2.22. The molecule has 0 aliphatic rings. The minimum Gasteiger partial charge on any atom is -0.491 e. The van der Waals surface area contributed by atoms with Gasteiger partial charge in [0.05, 0.1) is 12.1 Å². The quantitative estimate of drug-likeness (QED) is 0.861. The van der Waals surface area contributed by atoms with Crippen molar-refractivity contribution in [3.05, 3.63) is 64.2 Å². The fourth-order valence-corrected chi connectivity index (χ4v) is 2.81. The topological polar surface area (TPSA) is 21.3 Å². The SMILES string of the molecule is CNC(c1cc(C)cc(Cl)c1)c1ccccc1OC(C)C. The van der Waals surface area contributed by atoms with Gasteiger partial charge in [-0.2, -0.15) is 0 Å². The Labute approximate surface area is 132 Å². The Kier molecular flexibility index (Phi) is 5.27. The Morgan fingerprint density at radius 2 is 1.81 bits per heavy atom. The molecule has 0 aromatic heterocycles. The first-order valence-corrected chi connectivity index (χ1v) is 7.59. The molecule has 1 N–H and O–H groups in total. The van der Waals surface area contributed by atoms with E-state index in [1.54, 1.807) is 0 Å². The number of hydrogen-bond acceptors (Lipinski definition) is 2. The summed E-state index contributed by atoms with van der Waals surface area (Å²) in [6.07, 6.45) is 0.143. The molecule has 1 atom stereocenters. The van der Waals surface area contributed by atoms with Gasteiger partial charge in [-0.15, -0.1) is 0 Å². The van der Waals surface area contributed by atoms with Crippen LogP contribution in [0.15, 0.2) is 42.5 Å². The number of hydrogen-bond donors (Lipinski definition) is 1. The number of para-hydroxylation sites is 1. The summed E-state index contributed by atoms with van der Waals surface area (Å²) in [7, 11) is 1.95. The van der Waals surface area contributed by atoms with Crippen LogP contribution in [-0.2, 0) is 0 Å². The molecule has 0 saturated heterocycles. The Hall–Kier alpha value is -1.51. The van der Waals surface area contributed by atoms with E-state index < -0.39 is 0 Å². The maximum atomic E-state index is 6.20. The van der Waals surface area contributed by atoms with Crippen LogP contribution in [0.2, 0.25) is 5.02 Å². The van der Waals surface area contributed by atoms with E-state index in [2.05, 4.69) is 24.4 Å². The van der Waals surface area contributed by atoms with Gasteiger partial charge in [0.1, 0.15) is 5.75 Å². The molecule has 0 saturated carbocycles. The van der Waals surface area contributed by atoms with Gasteiger partial charge in [0, 0.05) is 10.6 Å². The van der Waals surface area contributed by atoms with Gasteiger partial charge in [-0.25, -0.2) is 0 Å². The van der Waals surface area contributed by atoms with Crippen molar-refractivity contribution in [3.63, 3.8) is 0 Å². The smallest absolute Gasteiger partial charge is 0.124 e. The third kappa shape index (κ3) is 3.99. The third-order valence-electron chi connectivity index (χ3n) is 3.28. The molecule has 0 heterocycles. The van der Waals surface area contributed by atoms with Crippen molar-refractivity contribution in [3.8, 4) is 5.75 Å². The lowest BCUT2D eigenvalue weighted by molar-refractivity contribution is 0.238. The van der Waals surface area contributed by atoms with E-state index in [1.165, 1.54) is 0 Å². The molecule has 2 nitrogen and oxygen atoms in total. The first-order valence-electron chi connectivity index (χ1n) is 7.21. The molecule has 0 fully saturated rings. The molecule has 3 heteroatoms. The highest BCUT2D eigenvalue weighted by Gasteiger charge is 2.17. The minimum absolute atomic E-state index is 0.0531. The lowest BCUT2D eigenvalue weighted by atomic mass is 9.96. The highest BCUT2D eigenvalue weighted by Crippen LogP contribution is 2.32. The van der Waals surface area contributed by atoms with Gasteiger partial charge in [0.2, 0.25) is 0 Å². The van der Waals surface area contributed by atoms with Crippen LogP contribution in [0.4, 0.5) is 0 Å². The Bertz CT molecular complexity index is 590. The number of nitrogens with one attached hydrogen (secondary N) is 1. The molecule has 2 aromatic carbocycles. The first-order chi connectivity index (χ1) is 10.0. The predicted molar refractivity (Wildman–Crippen MR) is 89.3 cm³/mol. The van der Waals surface area contributed by atoms with Gasteiger partial charge >= 0.3 is 0 Å². The third-order valence-corrected chi connectivity index (χ3v) is 3.50. The van der Waals surface area contributed by atoms with E-state index in [-0.39, 0.29) is 12.1 Å². The lowest BCUT2D eigenvalue weighted by Crippen LogP contribution is -2.19. The largest absolute Gasteiger partial charge is 0.491 e. The summed E-state index contributed by atoms with van der Waals surface area (Å²) >= 11 is 6.20. The van der Waals surface area contributed by atoms with Gasteiger partial charge in [0.15, 0.2) is 0 Å². The van der Waals surface area contributed by atoms with Crippen molar-refractivity contribution in [2.24, 2.45) is 0 Å². The fraction of sp³-hybridized carbons (Fsp3) is 0.333. The fourth-order valence-electron chi connectivity index (χ4n) is 2.51. The Morgan fingerprint density at radius 1 is 1.10 bits per heavy atom. The highest BCUT2D eigenvalue weighted by molar-refractivity contribution is 6.30. The second-order valence-corrected chi connectivity index (χ2v) is 5.92. The molecule has 0 bridgehead atoms. The molecule has 2 rings (SSSR count). The number of benzene rings is 2. The molecule has 0 spiro atoms. The van der Waals surface area contributed by atoms with E-state index in [1.807, 2.05) is 51.2 Å². The Balaban J connectivity index is 2.46. The van der Waals surface area contributed by atoms with Gasteiger partial charge in [-0.3, -0.25) is 0 Å². The second kappa shape index (κ2) is 6.97. The van der Waals surface area contributed by atoms with Crippen LogP contribution in [0.3, 0.4) is 0 Å². The average Bonchev–Trinajstić information content (AvgIpc) is 2.40. The van der Waals surface area contributed by atoms with Crippen molar-refractivity contribution in [2.45, 2.75) is 32.9 Å². The van der Waals surface area contributed by atoms with Crippen LogP contribution in [-0.4, -0.2) is 13.2 Å². The number of aryl methyl sites for hydroxylation is 1. The van der Waals surface area contributed by atoms with Crippen LogP contribution in [0.25, 0.3) is 0 Å². The van der Waals surface area contributed by atoms with E-state index in [0.29, 0.717) is 0 Å². The van der Waals surface area contributed by atoms with Gasteiger partial charge in [-0.1, -0.05) is 35.9 Å². The van der Waals surface area contributed by atoms with Crippen molar-refractivity contribution in [2.75, 3.05) is 7.05 Å². The summed E-state index contributed by atoms with van der Waals surface area (Å²) in [5.41, 5.74) is 3.41. The molecule has 0 amide bonds. The number of ether oxygens (including phenoxy) is 1. The molecular formula is C18H22ClNO. The maximum Gasteiger partial charge on any atom is 0.124 e. The summed E-state index contributed by atoms with van der Waals surface area (Å²) in [6.45, 7) is 6.13. The highest BCUT2D eigenvalue weighted by atomic mass is 35.5. The van der Waals surface area contributed by atoms with Gasteiger partial charge < -0.3 is 10.1 Å². The number of rotatable bonds is 5. The van der Waals surface area contributed by atoms with Gasteiger partial charge in [-0.05, 0) is 57.1 Å². The zero-order chi connectivity index (χ0) is 15.4. The molecule has 1 unspecified atom stereocenters. The summed E-state index contributed by atoms with van der Waals surface area (Å²) in [4.78, 5) is 0. The van der Waals surface area contributed by atoms with Crippen molar-refractivity contribution >= 4 is 11.6 Å². The van der Waals surface area contributed by atoms with Gasteiger partial charge in [0.25, 0.3) is 0 Å². The van der Waals surface area contributed by atoms with Crippen LogP contribution >= 0.6 is 11.6 Å². The standard InChI is InChI=1S/C18H22ClNO/c1-12(2)21-17-8-6-5-7-16(17)18(20-4)14-9-13(3)10-15(19)11-14/h5-12,18,20H,1-4H3. The molecule has 0 aliphatic heterocycles. The number of halogens is 1. The zero-order valence-electron chi connectivity index (χ0n) is 13.0. The van der Waals surface area contributed by atoms with Crippen LogP contribution in [0.1, 0.15) is 36.6 Å².